The van der Waals surface area contributed by atoms with Crippen LogP contribution in [0, 0.1) is 0 Å². The third-order valence-corrected chi connectivity index (χ3v) is 5.70. The Morgan fingerprint density at radius 3 is 2.56 bits per heavy atom. The molecule has 0 aliphatic carbocycles. The van der Waals surface area contributed by atoms with Crippen LogP contribution >= 0.6 is 11.6 Å². The molecule has 2 unspecified atom stereocenters. The quantitative estimate of drug-likeness (QED) is 0.418. The van der Waals surface area contributed by atoms with Crippen LogP contribution in [0.25, 0.3) is 11.3 Å². The van der Waals surface area contributed by atoms with E-state index in [1.165, 1.54) is 18.6 Å². The van der Waals surface area contributed by atoms with Gasteiger partial charge in [-0.2, -0.15) is 0 Å². The molecule has 0 fully saturated rings. The molecule has 0 saturated carbocycles. The fourth-order valence-corrected chi connectivity index (χ4v) is 3.48. The predicted octanol–water partition coefficient (Wildman–Crippen LogP) is 2.59. The molecular weight excluding hydrogens is 458 g/mol. The number of aromatic nitrogens is 4. The molecule has 176 valence electrons. The summed E-state index contributed by atoms with van der Waals surface area (Å²) in [5, 5.41) is 12.1. The Bertz CT molecular complexity index is 1240. The van der Waals surface area contributed by atoms with E-state index in [1.54, 1.807) is 32.2 Å². The van der Waals surface area contributed by atoms with Crippen LogP contribution in [0.2, 0.25) is 5.02 Å². The third-order valence-electron chi connectivity index (χ3n) is 5.48. The zero-order valence-corrected chi connectivity index (χ0v) is 19.8. The van der Waals surface area contributed by atoms with Gasteiger partial charge in [-0.1, -0.05) is 11.6 Å². The van der Waals surface area contributed by atoms with Crippen LogP contribution in [0.3, 0.4) is 0 Å². The normalized spacial score (nSPS) is 15.3. The lowest BCUT2D eigenvalue weighted by atomic mass is 10.1. The Morgan fingerprint density at radius 2 is 1.88 bits per heavy atom. The molecule has 3 aromatic heterocycles. The molecule has 0 saturated heterocycles. The lowest BCUT2D eigenvalue weighted by Crippen LogP contribution is -2.35. The monoisotopic (exact) mass is 481 g/mol. The maximum Gasteiger partial charge on any atom is 0.275 e. The maximum absolute atomic E-state index is 12.7. The summed E-state index contributed by atoms with van der Waals surface area (Å²) >= 11 is 5.87. The summed E-state index contributed by atoms with van der Waals surface area (Å²) in [6.45, 7) is 3.74. The zero-order valence-electron chi connectivity index (χ0n) is 19.0. The van der Waals surface area contributed by atoms with Gasteiger partial charge in [-0.15, -0.1) is 0 Å². The average Bonchev–Trinajstić information content (AvgIpc) is 3.12. The molecule has 1 aliphatic heterocycles. The minimum atomic E-state index is -0.470. The molecule has 0 spiro atoms. The first-order valence-corrected chi connectivity index (χ1v) is 10.9. The molecule has 0 bridgehead atoms. The molecule has 4 N–H and O–H groups in total. The van der Waals surface area contributed by atoms with Gasteiger partial charge in [0.2, 0.25) is 5.91 Å². The molecule has 4 rings (SSSR count). The Balaban J connectivity index is 1.74. The standard InChI is InChI=1S/C22H24ClN9O2/c1-11(24-3)21(33)30-16-7-13(18-19-20(27-10-26-18)28-12(2)32(19)4)8-17(29-16)31-22(34)15-6-5-14(23)9-25-15/h5-12,24H,1-4H3,(H,26,27,28)(H2,29,30,31,33,34). The highest BCUT2D eigenvalue weighted by Crippen LogP contribution is 2.39. The molecular formula is C22H24ClN9O2. The van der Waals surface area contributed by atoms with E-state index in [0.29, 0.717) is 22.1 Å². The summed E-state index contributed by atoms with van der Waals surface area (Å²) in [4.78, 5) is 44.5. The van der Waals surface area contributed by atoms with E-state index in [9.17, 15) is 9.59 Å². The molecule has 12 heteroatoms. The number of hydrogen-bond donors (Lipinski definition) is 4. The van der Waals surface area contributed by atoms with Crippen molar-refractivity contribution in [3.05, 3.63) is 47.5 Å². The Morgan fingerprint density at radius 1 is 1.15 bits per heavy atom. The van der Waals surface area contributed by atoms with Crippen molar-refractivity contribution in [1.82, 2.24) is 25.3 Å². The average molecular weight is 482 g/mol. The lowest BCUT2D eigenvalue weighted by Gasteiger charge is -2.19. The number of anilines is 4. The number of rotatable bonds is 6. The first kappa shape index (κ1) is 23.3. The van der Waals surface area contributed by atoms with E-state index in [0.717, 1.165) is 5.69 Å². The predicted molar refractivity (Wildman–Crippen MR) is 131 cm³/mol. The molecule has 0 aromatic carbocycles. The van der Waals surface area contributed by atoms with E-state index in [2.05, 4.69) is 41.2 Å². The number of amides is 2. The van der Waals surface area contributed by atoms with E-state index in [4.69, 9.17) is 11.6 Å². The first-order valence-electron chi connectivity index (χ1n) is 10.5. The van der Waals surface area contributed by atoms with Gasteiger partial charge in [0.15, 0.2) is 5.82 Å². The van der Waals surface area contributed by atoms with Crippen molar-refractivity contribution in [3.63, 3.8) is 0 Å². The highest BCUT2D eigenvalue weighted by Gasteiger charge is 2.28. The summed E-state index contributed by atoms with van der Waals surface area (Å²) in [5.74, 6) is 0.437. The first-order chi connectivity index (χ1) is 16.3. The molecule has 3 aromatic rings. The molecule has 4 heterocycles. The van der Waals surface area contributed by atoms with Crippen molar-refractivity contribution in [1.29, 1.82) is 0 Å². The topological polar surface area (TPSA) is 137 Å². The zero-order chi connectivity index (χ0) is 24.4. The molecule has 2 amide bonds. The van der Waals surface area contributed by atoms with Crippen molar-refractivity contribution in [2.45, 2.75) is 26.1 Å². The Kier molecular flexibility index (Phi) is 6.57. The summed E-state index contributed by atoms with van der Waals surface area (Å²) in [7, 11) is 3.62. The van der Waals surface area contributed by atoms with E-state index in [1.807, 2.05) is 18.9 Å². The minimum Gasteiger partial charge on any atom is -0.350 e. The highest BCUT2D eigenvalue weighted by molar-refractivity contribution is 6.30. The van der Waals surface area contributed by atoms with E-state index < -0.39 is 11.9 Å². The largest absolute Gasteiger partial charge is 0.350 e. The van der Waals surface area contributed by atoms with Gasteiger partial charge in [0.25, 0.3) is 5.91 Å². The second-order valence-corrected chi connectivity index (χ2v) is 8.23. The fraction of sp³-hybridized carbons (Fsp3) is 0.273. The number of fused-ring (bicyclic) bond motifs is 1. The summed E-state index contributed by atoms with van der Waals surface area (Å²) in [5.41, 5.74) is 2.25. The second-order valence-electron chi connectivity index (χ2n) is 7.79. The van der Waals surface area contributed by atoms with Crippen molar-refractivity contribution >= 4 is 46.6 Å². The van der Waals surface area contributed by atoms with Crippen LogP contribution in [0.5, 0.6) is 0 Å². The smallest absolute Gasteiger partial charge is 0.275 e. The number of pyridine rings is 2. The number of hydrogen-bond acceptors (Lipinski definition) is 9. The summed E-state index contributed by atoms with van der Waals surface area (Å²) in [6.07, 6.45) is 2.88. The molecule has 2 atom stereocenters. The van der Waals surface area contributed by atoms with Crippen molar-refractivity contribution in [2.24, 2.45) is 0 Å². The van der Waals surface area contributed by atoms with Gasteiger partial charge in [-0.25, -0.2) is 19.9 Å². The van der Waals surface area contributed by atoms with Crippen LogP contribution in [-0.2, 0) is 4.79 Å². The third kappa shape index (κ3) is 4.75. The van der Waals surface area contributed by atoms with Gasteiger partial charge in [-0.05, 0) is 45.2 Å². The molecule has 0 radical (unpaired) electrons. The lowest BCUT2D eigenvalue weighted by molar-refractivity contribution is -0.117. The van der Waals surface area contributed by atoms with Gasteiger partial charge in [0.05, 0.1) is 22.9 Å². The Hall–Kier alpha value is -3.83. The van der Waals surface area contributed by atoms with Gasteiger partial charge in [-0.3, -0.25) is 9.59 Å². The van der Waals surface area contributed by atoms with Crippen LogP contribution < -0.4 is 26.2 Å². The SMILES string of the molecule is CNC(C)C(=O)Nc1cc(-c2ncnc3c2N(C)C(C)N3)cc(NC(=O)c2ccc(Cl)cn2)n1. The summed E-state index contributed by atoms with van der Waals surface area (Å²) in [6, 6.07) is 6.03. The number of carbonyl (C=O) groups is 2. The maximum atomic E-state index is 12.7. The number of nitrogens with one attached hydrogen (secondary N) is 4. The Labute approximate surface area is 201 Å². The van der Waals surface area contributed by atoms with Crippen molar-refractivity contribution < 1.29 is 9.59 Å². The summed E-state index contributed by atoms with van der Waals surface area (Å²) < 4.78 is 0. The number of nitrogens with zero attached hydrogens (tertiary/aromatic N) is 5. The molecule has 34 heavy (non-hydrogen) atoms. The van der Waals surface area contributed by atoms with Crippen molar-refractivity contribution in [3.8, 4) is 11.3 Å². The van der Waals surface area contributed by atoms with E-state index >= 15 is 0 Å². The van der Waals surface area contributed by atoms with Gasteiger partial charge in [0.1, 0.15) is 29.3 Å². The minimum absolute atomic E-state index is 0.0260. The van der Waals surface area contributed by atoms with Gasteiger partial charge < -0.3 is 26.2 Å². The number of likely N-dealkylation sites (N-methyl/N-ethyl adjacent to an activating group) is 1. The molecule has 1 aliphatic rings. The van der Waals surface area contributed by atoms with Gasteiger partial charge >= 0.3 is 0 Å². The van der Waals surface area contributed by atoms with Crippen LogP contribution in [0.1, 0.15) is 24.3 Å². The van der Waals surface area contributed by atoms with Gasteiger partial charge in [0, 0.05) is 18.8 Å². The second kappa shape index (κ2) is 9.57. The number of carbonyl (C=O) groups excluding carboxylic acids is 2. The van der Waals surface area contributed by atoms with Crippen LogP contribution in [-0.4, -0.2) is 58.1 Å². The highest BCUT2D eigenvalue weighted by atomic mass is 35.5. The van der Waals surface area contributed by atoms with Crippen LogP contribution in [0.15, 0.2) is 36.8 Å². The fourth-order valence-electron chi connectivity index (χ4n) is 3.37. The van der Waals surface area contributed by atoms with Crippen molar-refractivity contribution in [2.75, 3.05) is 34.9 Å². The van der Waals surface area contributed by atoms with Crippen LogP contribution in [0.4, 0.5) is 23.1 Å². The van der Waals surface area contributed by atoms with E-state index in [-0.39, 0.29) is 29.4 Å². The number of halogens is 1. The molecule has 11 nitrogen and oxygen atoms in total.